The molecule has 0 aliphatic carbocycles. The first kappa shape index (κ1) is 9.68. The van der Waals surface area contributed by atoms with Crippen molar-refractivity contribution in [3.63, 3.8) is 0 Å². The summed E-state index contributed by atoms with van der Waals surface area (Å²) in [5.74, 6) is 0. The molecule has 1 aromatic rings. The molecule has 0 aliphatic heterocycles. The zero-order valence-corrected chi connectivity index (χ0v) is 8.40. The Morgan fingerprint density at radius 1 is 1.67 bits per heavy atom. The Bertz CT molecular complexity index is 218. The first-order chi connectivity index (χ1) is 5.67. The molecule has 0 bridgehead atoms. The monoisotopic (exact) mass is 185 g/mol. The Hall–Kier alpha value is -0.410. The van der Waals surface area contributed by atoms with Crippen molar-refractivity contribution < 1.29 is 5.11 Å². The van der Waals surface area contributed by atoms with E-state index in [1.54, 1.807) is 6.20 Å². The number of hydrogen-bond donors (Lipinski definition) is 1. The number of hydrogen-bond acceptors (Lipinski definition) is 3. The lowest BCUT2D eigenvalue weighted by Gasteiger charge is -2.19. The molecule has 0 radical (unpaired) electrons. The van der Waals surface area contributed by atoms with Crippen molar-refractivity contribution >= 4 is 11.3 Å². The molecule has 1 N–H and O–H groups in total. The third-order valence-electron chi connectivity index (χ3n) is 1.91. The van der Waals surface area contributed by atoms with Gasteiger partial charge in [-0.05, 0) is 13.3 Å². The third-order valence-corrected chi connectivity index (χ3v) is 2.94. The van der Waals surface area contributed by atoms with Gasteiger partial charge < -0.3 is 5.11 Å². The van der Waals surface area contributed by atoms with Crippen molar-refractivity contribution in [3.05, 3.63) is 16.6 Å². The Labute approximate surface area is 77.3 Å². The second kappa shape index (κ2) is 4.01. The highest BCUT2D eigenvalue weighted by Crippen LogP contribution is 2.27. The molecule has 0 aromatic carbocycles. The molecule has 2 nitrogen and oxygen atoms in total. The van der Waals surface area contributed by atoms with Crippen molar-refractivity contribution in [2.24, 2.45) is 0 Å². The van der Waals surface area contributed by atoms with Crippen LogP contribution in [0, 0.1) is 0 Å². The summed E-state index contributed by atoms with van der Waals surface area (Å²) in [5, 5.41) is 12.7. The fraction of sp³-hybridized carbons (Fsp3) is 0.667. The summed E-state index contributed by atoms with van der Waals surface area (Å²) in [7, 11) is 0. The number of aromatic nitrogens is 1. The van der Waals surface area contributed by atoms with Gasteiger partial charge in [0.2, 0.25) is 0 Å². The highest BCUT2D eigenvalue weighted by molar-refractivity contribution is 7.09. The van der Waals surface area contributed by atoms with Gasteiger partial charge >= 0.3 is 0 Å². The van der Waals surface area contributed by atoms with Crippen LogP contribution in [0.25, 0.3) is 0 Å². The van der Waals surface area contributed by atoms with Gasteiger partial charge in [-0.15, -0.1) is 11.3 Å². The van der Waals surface area contributed by atoms with E-state index in [1.165, 1.54) is 11.3 Å². The second-order valence-electron chi connectivity index (χ2n) is 3.21. The zero-order valence-electron chi connectivity index (χ0n) is 7.58. The smallest absolute Gasteiger partial charge is 0.124 e. The Morgan fingerprint density at radius 3 is 2.92 bits per heavy atom. The lowest BCUT2D eigenvalue weighted by molar-refractivity contribution is 0.0451. The van der Waals surface area contributed by atoms with E-state index in [1.807, 2.05) is 12.3 Å². The molecule has 0 amide bonds. The van der Waals surface area contributed by atoms with Gasteiger partial charge in [-0.1, -0.05) is 19.8 Å². The van der Waals surface area contributed by atoms with Gasteiger partial charge in [0, 0.05) is 11.6 Å². The summed E-state index contributed by atoms with van der Waals surface area (Å²) in [5.41, 5.74) is -0.718. The van der Waals surface area contributed by atoms with Crippen molar-refractivity contribution in [1.29, 1.82) is 0 Å². The average Bonchev–Trinajstić information content (AvgIpc) is 2.53. The molecular weight excluding hydrogens is 170 g/mol. The molecule has 0 spiro atoms. The first-order valence-corrected chi connectivity index (χ1v) is 5.17. The molecule has 1 aromatic heterocycles. The molecule has 0 fully saturated rings. The molecule has 0 unspecified atom stereocenters. The molecular formula is C9H15NOS. The lowest BCUT2D eigenvalue weighted by Crippen LogP contribution is -2.20. The third kappa shape index (κ3) is 2.29. The zero-order chi connectivity index (χ0) is 9.03. The quantitative estimate of drug-likeness (QED) is 0.782. The van der Waals surface area contributed by atoms with E-state index in [0.29, 0.717) is 0 Å². The van der Waals surface area contributed by atoms with E-state index in [9.17, 15) is 5.11 Å². The second-order valence-corrected chi connectivity index (χ2v) is 4.11. The molecule has 3 heteroatoms. The van der Waals surface area contributed by atoms with Crippen LogP contribution in [0.3, 0.4) is 0 Å². The maximum atomic E-state index is 9.95. The standard InChI is InChI=1S/C9H15NOS/c1-3-4-5-9(2,11)8-10-6-7-12-8/h6-7,11H,3-5H2,1-2H3/t9-/m1/s1. The predicted molar refractivity (Wildman–Crippen MR) is 51.2 cm³/mol. The van der Waals surface area contributed by atoms with Crippen LogP contribution in [-0.4, -0.2) is 10.1 Å². The number of rotatable bonds is 4. The number of aliphatic hydroxyl groups is 1. The predicted octanol–water partition coefficient (Wildman–Crippen LogP) is 2.54. The van der Waals surface area contributed by atoms with Crippen LogP contribution < -0.4 is 0 Å². The largest absolute Gasteiger partial charge is 0.383 e. The summed E-state index contributed by atoms with van der Waals surface area (Å²) in [6.07, 6.45) is 4.70. The van der Waals surface area contributed by atoms with E-state index in [-0.39, 0.29) is 0 Å². The molecule has 0 saturated carbocycles. The van der Waals surface area contributed by atoms with Crippen LogP contribution in [-0.2, 0) is 5.60 Å². The van der Waals surface area contributed by atoms with E-state index in [2.05, 4.69) is 11.9 Å². The number of thiazole rings is 1. The van der Waals surface area contributed by atoms with Gasteiger partial charge in [-0.2, -0.15) is 0 Å². The van der Waals surface area contributed by atoms with E-state index in [0.717, 1.165) is 24.3 Å². The Kier molecular flexibility index (Phi) is 3.23. The lowest BCUT2D eigenvalue weighted by atomic mass is 10.0. The molecule has 68 valence electrons. The minimum atomic E-state index is -0.718. The fourth-order valence-electron chi connectivity index (χ4n) is 1.12. The van der Waals surface area contributed by atoms with Gasteiger partial charge in [0.25, 0.3) is 0 Å². The molecule has 1 atom stereocenters. The fourth-order valence-corrected chi connectivity index (χ4v) is 1.85. The van der Waals surface area contributed by atoms with E-state index >= 15 is 0 Å². The highest BCUT2D eigenvalue weighted by atomic mass is 32.1. The van der Waals surface area contributed by atoms with Gasteiger partial charge in [0.1, 0.15) is 10.6 Å². The van der Waals surface area contributed by atoms with Crippen LogP contribution in [0.4, 0.5) is 0 Å². The molecule has 0 aliphatic rings. The van der Waals surface area contributed by atoms with E-state index in [4.69, 9.17) is 0 Å². The molecule has 0 saturated heterocycles. The minimum Gasteiger partial charge on any atom is -0.383 e. The van der Waals surface area contributed by atoms with Gasteiger partial charge in [0.05, 0.1) is 0 Å². The van der Waals surface area contributed by atoms with Crippen molar-refractivity contribution in [3.8, 4) is 0 Å². The van der Waals surface area contributed by atoms with Crippen molar-refractivity contribution in [1.82, 2.24) is 4.98 Å². The molecule has 1 heterocycles. The summed E-state index contributed by atoms with van der Waals surface area (Å²) in [6, 6.07) is 0. The van der Waals surface area contributed by atoms with Crippen LogP contribution in [0.5, 0.6) is 0 Å². The summed E-state index contributed by atoms with van der Waals surface area (Å²) >= 11 is 1.52. The van der Waals surface area contributed by atoms with Crippen LogP contribution in [0.2, 0.25) is 0 Å². The Balaban J connectivity index is 2.59. The van der Waals surface area contributed by atoms with Gasteiger partial charge in [-0.25, -0.2) is 4.98 Å². The average molecular weight is 185 g/mol. The topological polar surface area (TPSA) is 33.1 Å². The highest BCUT2D eigenvalue weighted by Gasteiger charge is 2.24. The van der Waals surface area contributed by atoms with Crippen LogP contribution >= 0.6 is 11.3 Å². The van der Waals surface area contributed by atoms with E-state index < -0.39 is 5.60 Å². The van der Waals surface area contributed by atoms with Crippen molar-refractivity contribution in [2.45, 2.75) is 38.7 Å². The normalized spacial score (nSPS) is 15.9. The number of unbranched alkanes of at least 4 members (excludes halogenated alkanes) is 1. The number of nitrogens with zero attached hydrogens (tertiary/aromatic N) is 1. The maximum Gasteiger partial charge on any atom is 0.124 e. The maximum absolute atomic E-state index is 9.95. The SMILES string of the molecule is CCCC[C@@](C)(O)c1nccs1. The minimum absolute atomic E-state index is 0.718. The van der Waals surface area contributed by atoms with Crippen molar-refractivity contribution in [2.75, 3.05) is 0 Å². The molecule has 12 heavy (non-hydrogen) atoms. The van der Waals surface area contributed by atoms with Crippen LogP contribution in [0.15, 0.2) is 11.6 Å². The summed E-state index contributed by atoms with van der Waals surface area (Å²) in [4.78, 5) is 4.11. The first-order valence-electron chi connectivity index (χ1n) is 4.29. The van der Waals surface area contributed by atoms with Crippen LogP contribution in [0.1, 0.15) is 38.1 Å². The Morgan fingerprint density at radius 2 is 2.42 bits per heavy atom. The summed E-state index contributed by atoms with van der Waals surface area (Å²) in [6.45, 7) is 3.96. The van der Waals surface area contributed by atoms with Gasteiger partial charge in [0.15, 0.2) is 0 Å². The van der Waals surface area contributed by atoms with Gasteiger partial charge in [-0.3, -0.25) is 0 Å². The molecule has 1 rings (SSSR count). The summed E-state index contributed by atoms with van der Waals surface area (Å²) < 4.78 is 0.